The fraction of sp³-hybridized carbons (Fsp3) is 0.179. The second-order valence-corrected chi connectivity index (χ2v) is 7.95. The SMILES string of the molecule is C=Cc1ccc(Cn2c(C(=O)O)c(CNCCCc3ccccc3)c3ccccc32)cc1. The van der Waals surface area contributed by atoms with Gasteiger partial charge in [0.25, 0.3) is 0 Å². The Hall–Kier alpha value is -3.63. The first kappa shape index (κ1) is 21.6. The van der Waals surface area contributed by atoms with Crippen molar-refractivity contribution in [1.82, 2.24) is 9.88 Å². The summed E-state index contributed by atoms with van der Waals surface area (Å²) in [7, 11) is 0. The molecule has 3 aromatic carbocycles. The van der Waals surface area contributed by atoms with E-state index in [-0.39, 0.29) is 0 Å². The molecule has 32 heavy (non-hydrogen) atoms. The molecule has 0 aliphatic rings. The van der Waals surface area contributed by atoms with E-state index in [1.807, 2.05) is 59.2 Å². The molecule has 0 atom stereocenters. The maximum Gasteiger partial charge on any atom is 0.352 e. The molecule has 0 amide bonds. The van der Waals surface area contributed by atoms with Crippen molar-refractivity contribution in [3.63, 3.8) is 0 Å². The second-order valence-electron chi connectivity index (χ2n) is 7.95. The number of aromatic nitrogens is 1. The first-order valence-electron chi connectivity index (χ1n) is 11.0. The fourth-order valence-corrected chi connectivity index (χ4v) is 4.18. The number of para-hydroxylation sites is 1. The molecule has 0 spiro atoms. The summed E-state index contributed by atoms with van der Waals surface area (Å²) in [5.41, 5.74) is 5.56. The van der Waals surface area contributed by atoms with Crippen molar-refractivity contribution in [2.24, 2.45) is 0 Å². The summed E-state index contributed by atoms with van der Waals surface area (Å²) >= 11 is 0. The summed E-state index contributed by atoms with van der Waals surface area (Å²) in [5, 5.41) is 14.6. The van der Waals surface area contributed by atoms with E-state index in [1.165, 1.54) is 5.56 Å². The normalized spacial score (nSPS) is 11.0. The quantitative estimate of drug-likeness (QED) is 0.319. The number of hydrogen-bond donors (Lipinski definition) is 2. The lowest BCUT2D eigenvalue weighted by Gasteiger charge is -2.10. The third kappa shape index (κ3) is 4.82. The van der Waals surface area contributed by atoms with Crippen LogP contribution in [0.4, 0.5) is 0 Å². The van der Waals surface area contributed by atoms with Crippen LogP contribution in [0.25, 0.3) is 17.0 Å². The highest BCUT2D eigenvalue weighted by Gasteiger charge is 2.22. The molecule has 162 valence electrons. The summed E-state index contributed by atoms with van der Waals surface area (Å²) < 4.78 is 1.92. The van der Waals surface area contributed by atoms with Crippen LogP contribution in [0.1, 0.15) is 39.2 Å². The van der Waals surface area contributed by atoms with Gasteiger partial charge in [-0.25, -0.2) is 4.79 Å². The van der Waals surface area contributed by atoms with E-state index in [0.29, 0.717) is 18.8 Å². The van der Waals surface area contributed by atoms with Crippen LogP contribution in [0.2, 0.25) is 0 Å². The highest BCUT2D eigenvalue weighted by molar-refractivity contribution is 5.98. The van der Waals surface area contributed by atoms with E-state index >= 15 is 0 Å². The Balaban J connectivity index is 1.55. The van der Waals surface area contributed by atoms with E-state index in [2.05, 4.69) is 36.2 Å². The maximum atomic E-state index is 12.3. The Labute approximate surface area is 188 Å². The average Bonchev–Trinajstić information content (AvgIpc) is 3.13. The van der Waals surface area contributed by atoms with Crippen molar-refractivity contribution in [3.8, 4) is 0 Å². The van der Waals surface area contributed by atoms with Crippen molar-refractivity contribution in [3.05, 3.63) is 113 Å². The number of carboxylic acid groups (broad SMARTS) is 1. The van der Waals surface area contributed by atoms with Gasteiger partial charge < -0.3 is 15.0 Å². The number of benzene rings is 3. The number of nitrogens with one attached hydrogen (secondary N) is 1. The van der Waals surface area contributed by atoms with Crippen molar-refractivity contribution in [2.75, 3.05) is 6.54 Å². The topological polar surface area (TPSA) is 54.3 Å². The predicted molar refractivity (Wildman–Crippen MR) is 131 cm³/mol. The molecule has 0 saturated carbocycles. The zero-order valence-corrected chi connectivity index (χ0v) is 18.1. The van der Waals surface area contributed by atoms with E-state index in [9.17, 15) is 9.90 Å². The minimum Gasteiger partial charge on any atom is -0.477 e. The highest BCUT2D eigenvalue weighted by Crippen LogP contribution is 2.27. The molecule has 0 bridgehead atoms. The van der Waals surface area contributed by atoms with Crippen LogP contribution in [0.15, 0.2) is 85.4 Å². The first-order chi connectivity index (χ1) is 15.7. The van der Waals surface area contributed by atoms with Gasteiger partial charge in [0.1, 0.15) is 5.69 Å². The van der Waals surface area contributed by atoms with Gasteiger partial charge in [0, 0.05) is 29.6 Å². The molecule has 0 unspecified atom stereocenters. The smallest absolute Gasteiger partial charge is 0.352 e. The van der Waals surface area contributed by atoms with Gasteiger partial charge in [-0.3, -0.25) is 0 Å². The summed E-state index contributed by atoms with van der Waals surface area (Å²) in [4.78, 5) is 12.3. The van der Waals surface area contributed by atoms with Gasteiger partial charge in [0.05, 0.1) is 0 Å². The molecule has 4 heteroatoms. The molecule has 0 aliphatic heterocycles. The van der Waals surface area contributed by atoms with E-state index in [0.717, 1.165) is 47.0 Å². The van der Waals surface area contributed by atoms with Crippen LogP contribution in [-0.2, 0) is 19.5 Å². The van der Waals surface area contributed by atoms with Crippen LogP contribution in [-0.4, -0.2) is 22.2 Å². The Morgan fingerprint density at radius 3 is 2.38 bits per heavy atom. The van der Waals surface area contributed by atoms with E-state index < -0.39 is 5.97 Å². The third-order valence-electron chi connectivity index (χ3n) is 5.80. The number of hydrogen-bond acceptors (Lipinski definition) is 2. The molecule has 1 aromatic heterocycles. The molecule has 0 saturated heterocycles. The Morgan fingerprint density at radius 2 is 1.66 bits per heavy atom. The molecular formula is C28H28N2O2. The molecule has 0 radical (unpaired) electrons. The van der Waals surface area contributed by atoms with Crippen LogP contribution in [0, 0.1) is 0 Å². The van der Waals surface area contributed by atoms with Gasteiger partial charge in [-0.05, 0) is 42.1 Å². The molecular weight excluding hydrogens is 396 g/mol. The minimum absolute atomic E-state index is 0.356. The maximum absolute atomic E-state index is 12.3. The van der Waals surface area contributed by atoms with Crippen LogP contribution < -0.4 is 5.32 Å². The van der Waals surface area contributed by atoms with Crippen molar-refractivity contribution in [1.29, 1.82) is 0 Å². The fourth-order valence-electron chi connectivity index (χ4n) is 4.18. The number of aryl methyl sites for hydroxylation is 1. The van der Waals surface area contributed by atoms with Gasteiger partial charge >= 0.3 is 5.97 Å². The molecule has 4 aromatic rings. The van der Waals surface area contributed by atoms with Crippen LogP contribution >= 0.6 is 0 Å². The second kappa shape index (κ2) is 10.1. The number of carboxylic acids is 1. The van der Waals surface area contributed by atoms with Crippen molar-refractivity contribution < 1.29 is 9.90 Å². The number of aromatic carboxylic acids is 1. The number of nitrogens with zero attached hydrogens (tertiary/aromatic N) is 1. The highest BCUT2D eigenvalue weighted by atomic mass is 16.4. The summed E-state index contributed by atoms with van der Waals surface area (Å²) in [6, 6.07) is 26.4. The zero-order valence-electron chi connectivity index (χ0n) is 18.1. The van der Waals surface area contributed by atoms with Gasteiger partial charge in [0.2, 0.25) is 0 Å². The summed E-state index contributed by atoms with van der Waals surface area (Å²) in [6.07, 6.45) is 3.81. The Morgan fingerprint density at radius 1 is 0.938 bits per heavy atom. The lowest BCUT2D eigenvalue weighted by molar-refractivity contribution is 0.0685. The lowest BCUT2D eigenvalue weighted by atomic mass is 10.1. The average molecular weight is 425 g/mol. The van der Waals surface area contributed by atoms with Crippen molar-refractivity contribution >= 4 is 22.9 Å². The molecule has 1 heterocycles. The summed E-state index contributed by atoms with van der Waals surface area (Å²) in [6.45, 7) is 5.66. The largest absolute Gasteiger partial charge is 0.477 e. The monoisotopic (exact) mass is 424 g/mol. The predicted octanol–water partition coefficient (Wildman–Crippen LogP) is 5.75. The molecule has 4 nitrogen and oxygen atoms in total. The number of rotatable bonds is 10. The van der Waals surface area contributed by atoms with Gasteiger partial charge in [-0.1, -0.05) is 85.5 Å². The standard InChI is InChI=1S/C28H28N2O2/c1-2-21-14-16-23(17-15-21)20-30-26-13-7-6-12-24(26)25(27(30)28(31)32)19-29-18-8-11-22-9-4-3-5-10-22/h2-7,9-10,12-17,29H,1,8,11,18-20H2,(H,31,32). The van der Waals surface area contributed by atoms with Crippen molar-refractivity contribution in [2.45, 2.75) is 25.9 Å². The molecule has 2 N–H and O–H groups in total. The summed E-state index contributed by atoms with van der Waals surface area (Å²) in [5.74, 6) is -0.898. The van der Waals surface area contributed by atoms with Crippen LogP contribution in [0.5, 0.6) is 0 Å². The third-order valence-corrected chi connectivity index (χ3v) is 5.80. The van der Waals surface area contributed by atoms with Crippen LogP contribution in [0.3, 0.4) is 0 Å². The van der Waals surface area contributed by atoms with Gasteiger partial charge in [-0.2, -0.15) is 0 Å². The zero-order chi connectivity index (χ0) is 22.3. The lowest BCUT2D eigenvalue weighted by Crippen LogP contribution is -2.18. The van der Waals surface area contributed by atoms with Gasteiger partial charge in [0.15, 0.2) is 0 Å². The molecule has 4 rings (SSSR count). The Kier molecular flexibility index (Phi) is 6.83. The molecule has 0 aliphatic carbocycles. The number of fused-ring (bicyclic) bond motifs is 1. The first-order valence-corrected chi connectivity index (χ1v) is 11.0. The Bertz CT molecular complexity index is 1210. The van der Waals surface area contributed by atoms with Gasteiger partial charge in [-0.15, -0.1) is 0 Å². The van der Waals surface area contributed by atoms with E-state index in [4.69, 9.17) is 0 Å². The molecule has 0 fully saturated rings. The van der Waals surface area contributed by atoms with E-state index in [1.54, 1.807) is 6.08 Å². The minimum atomic E-state index is -0.898. The number of carbonyl (C=O) groups is 1.